The van der Waals surface area contributed by atoms with E-state index in [1.54, 1.807) is 18.2 Å². The molecule has 138 valence electrons. The molecule has 1 aromatic rings. The van der Waals surface area contributed by atoms with Crippen LogP contribution in [0.5, 0.6) is 0 Å². The summed E-state index contributed by atoms with van der Waals surface area (Å²) >= 11 is 5.83. The van der Waals surface area contributed by atoms with Crippen LogP contribution in [-0.2, 0) is 14.3 Å². The molecule has 4 fully saturated rings. The van der Waals surface area contributed by atoms with E-state index in [2.05, 4.69) is 5.32 Å². The Labute approximate surface area is 158 Å². The lowest BCUT2D eigenvalue weighted by molar-refractivity contribution is -0.145. The van der Waals surface area contributed by atoms with Gasteiger partial charge in [0, 0.05) is 16.6 Å². The van der Waals surface area contributed by atoms with E-state index >= 15 is 0 Å². The first-order chi connectivity index (χ1) is 12.5. The van der Waals surface area contributed by atoms with E-state index in [1.807, 2.05) is 12.1 Å². The van der Waals surface area contributed by atoms with E-state index in [9.17, 15) is 9.59 Å². The van der Waals surface area contributed by atoms with Crippen molar-refractivity contribution in [3.05, 3.63) is 40.9 Å². The molecule has 1 aromatic carbocycles. The predicted octanol–water partition coefficient (Wildman–Crippen LogP) is 3.98. The van der Waals surface area contributed by atoms with Gasteiger partial charge >= 0.3 is 5.97 Å². The number of carbonyl (C=O) groups excluding carboxylic acids is 2. The Balaban J connectivity index is 1.26. The van der Waals surface area contributed by atoms with Crippen molar-refractivity contribution in [2.75, 3.05) is 6.61 Å². The molecule has 0 aliphatic heterocycles. The first-order valence-electron chi connectivity index (χ1n) is 9.41. The summed E-state index contributed by atoms with van der Waals surface area (Å²) in [4.78, 5) is 24.2. The third-order valence-electron chi connectivity index (χ3n) is 6.07. The summed E-state index contributed by atoms with van der Waals surface area (Å²) in [6, 6.07) is 7.13. The van der Waals surface area contributed by atoms with E-state index in [4.69, 9.17) is 16.3 Å². The van der Waals surface area contributed by atoms with Gasteiger partial charge in [-0.2, -0.15) is 0 Å². The van der Waals surface area contributed by atoms with Crippen molar-refractivity contribution < 1.29 is 14.3 Å². The molecular weight excluding hydrogens is 350 g/mol. The molecule has 1 amide bonds. The van der Waals surface area contributed by atoms with Crippen LogP contribution in [0.2, 0.25) is 5.02 Å². The fraction of sp³-hybridized carbons (Fsp3) is 0.524. The van der Waals surface area contributed by atoms with E-state index in [0.717, 1.165) is 42.6 Å². The number of rotatable bonds is 5. The molecule has 4 bridgehead atoms. The zero-order valence-electron chi connectivity index (χ0n) is 14.7. The minimum atomic E-state index is -0.513. The second kappa shape index (κ2) is 7.07. The summed E-state index contributed by atoms with van der Waals surface area (Å²) in [6.45, 7) is -0.217. The molecule has 1 N–H and O–H groups in total. The normalized spacial score (nSPS) is 32.0. The number of hydrogen-bond donors (Lipinski definition) is 1. The van der Waals surface area contributed by atoms with Gasteiger partial charge in [-0.15, -0.1) is 0 Å². The lowest BCUT2D eigenvalue weighted by atomic mass is 9.53. The topological polar surface area (TPSA) is 55.4 Å². The van der Waals surface area contributed by atoms with Crippen LogP contribution in [0.1, 0.15) is 44.1 Å². The van der Waals surface area contributed by atoms with E-state index in [1.165, 1.54) is 25.3 Å². The molecule has 0 aromatic heterocycles. The van der Waals surface area contributed by atoms with Gasteiger partial charge in [-0.3, -0.25) is 4.79 Å². The van der Waals surface area contributed by atoms with Crippen molar-refractivity contribution in [2.45, 2.75) is 44.1 Å². The standard InChI is InChI=1S/C21H24ClNO3/c22-18-4-1-14(2-5-18)3-6-20(25)26-13-19(24)23-21-10-15-7-16(11-21)9-17(8-15)12-21/h1-6,15-17H,7-13H2,(H,23,24)/b6-3+. The van der Waals surface area contributed by atoms with Gasteiger partial charge in [0.05, 0.1) is 0 Å². The molecular formula is C21H24ClNO3. The highest BCUT2D eigenvalue weighted by Crippen LogP contribution is 2.55. The summed E-state index contributed by atoms with van der Waals surface area (Å²) in [6.07, 6.45) is 10.3. The molecule has 0 atom stereocenters. The van der Waals surface area contributed by atoms with Gasteiger partial charge in [-0.1, -0.05) is 23.7 Å². The van der Waals surface area contributed by atoms with Crippen molar-refractivity contribution in [3.8, 4) is 0 Å². The number of carbonyl (C=O) groups is 2. The second-order valence-electron chi connectivity index (χ2n) is 8.24. The minimum Gasteiger partial charge on any atom is -0.452 e. The Morgan fingerprint density at radius 1 is 1.08 bits per heavy atom. The third-order valence-corrected chi connectivity index (χ3v) is 6.32. The maximum Gasteiger partial charge on any atom is 0.331 e. The van der Waals surface area contributed by atoms with Crippen molar-refractivity contribution in [3.63, 3.8) is 0 Å². The minimum absolute atomic E-state index is 0.0443. The molecule has 4 saturated carbocycles. The quantitative estimate of drug-likeness (QED) is 0.627. The van der Waals surface area contributed by atoms with Crippen LogP contribution in [0, 0.1) is 17.8 Å². The molecule has 26 heavy (non-hydrogen) atoms. The van der Waals surface area contributed by atoms with Crippen LogP contribution in [0.3, 0.4) is 0 Å². The van der Waals surface area contributed by atoms with Crippen LogP contribution in [0.4, 0.5) is 0 Å². The van der Waals surface area contributed by atoms with Gasteiger partial charge in [0.2, 0.25) is 0 Å². The highest BCUT2D eigenvalue weighted by atomic mass is 35.5. The number of esters is 1. The number of nitrogens with one attached hydrogen (secondary N) is 1. The van der Waals surface area contributed by atoms with Crippen molar-refractivity contribution in [1.29, 1.82) is 0 Å². The fourth-order valence-electron chi connectivity index (χ4n) is 5.52. The van der Waals surface area contributed by atoms with Crippen LogP contribution < -0.4 is 5.32 Å². The average Bonchev–Trinajstić information content (AvgIpc) is 2.58. The van der Waals surface area contributed by atoms with E-state index in [-0.39, 0.29) is 18.1 Å². The lowest BCUT2D eigenvalue weighted by Gasteiger charge is -2.56. The number of hydrogen-bond acceptors (Lipinski definition) is 3. The fourth-order valence-corrected chi connectivity index (χ4v) is 5.64. The third kappa shape index (κ3) is 3.96. The Hall–Kier alpha value is -1.81. The van der Waals surface area contributed by atoms with Crippen LogP contribution >= 0.6 is 11.6 Å². The summed E-state index contributed by atoms with van der Waals surface area (Å²) in [5.41, 5.74) is 0.807. The molecule has 5 heteroatoms. The molecule has 4 aliphatic carbocycles. The maximum atomic E-state index is 12.3. The number of amides is 1. The Morgan fingerprint density at radius 2 is 1.65 bits per heavy atom. The maximum absolute atomic E-state index is 12.3. The largest absolute Gasteiger partial charge is 0.452 e. The van der Waals surface area contributed by atoms with Gasteiger partial charge in [0.1, 0.15) is 0 Å². The first-order valence-corrected chi connectivity index (χ1v) is 9.79. The Kier molecular flexibility index (Phi) is 4.78. The number of halogens is 1. The molecule has 0 heterocycles. The summed E-state index contributed by atoms with van der Waals surface area (Å²) in [7, 11) is 0. The van der Waals surface area contributed by atoms with E-state index < -0.39 is 5.97 Å². The molecule has 0 saturated heterocycles. The van der Waals surface area contributed by atoms with Crippen LogP contribution in [0.25, 0.3) is 6.08 Å². The molecule has 5 rings (SSSR count). The van der Waals surface area contributed by atoms with Gasteiger partial charge in [0.15, 0.2) is 6.61 Å². The number of benzene rings is 1. The molecule has 0 spiro atoms. The van der Waals surface area contributed by atoms with Crippen molar-refractivity contribution in [1.82, 2.24) is 5.32 Å². The van der Waals surface area contributed by atoms with Crippen LogP contribution in [-0.4, -0.2) is 24.0 Å². The predicted molar refractivity (Wildman–Crippen MR) is 100 cm³/mol. The van der Waals surface area contributed by atoms with Gasteiger partial charge in [-0.25, -0.2) is 4.79 Å². The number of ether oxygens (including phenoxy) is 1. The van der Waals surface area contributed by atoms with Gasteiger partial charge < -0.3 is 10.1 Å². The first kappa shape index (κ1) is 17.6. The Bertz CT molecular complexity index is 690. The lowest BCUT2D eigenvalue weighted by Crippen LogP contribution is -2.60. The molecule has 0 unspecified atom stereocenters. The monoisotopic (exact) mass is 373 g/mol. The Morgan fingerprint density at radius 3 is 2.23 bits per heavy atom. The average molecular weight is 374 g/mol. The molecule has 4 nitrogen and oxygen atoms in total. The smallest absolute Gasteiger partial charge is 0.331 e. The second-order valence-corrected chi connectivity index (χ2v) is 8.68. The zero-order chi connectivity index (χ0) is 18.1. The highest BCUT2D eigenvalue weighted by Gasteiger charge is 2.51. The summed E-state index contributed by atoms with van der Waals surface area (Å²) in [5, 5.41) is 3.85. The van der Waals surface area contributed by atoms with E-state index in [0.29, 0.717) is 5.02 Å². The van der Waals surface area contributed by atoms with Crippen LogP contribution in [0.15, 0.2) is 30.3 Å². The highest BCUT2D eigenvalue weighted by molar-refractivity contribution is 6.30. The SMILES string of the molecule is O=C(COC(=O)/C=C/c1ccc(Cl)cc1)NC12CC3CC(CC(C3)C1)C2. The molecule has 4 aliphatic rings. The molecule has 0 radical (unpaired) electrons. The van der Waals surface area contributed by atoms with Crippen molar-refractivity contribution in [2.24, 2.45) is 17.8 Å². The van der Waals surface area contributed by atoms with Gasteiger partial charge in [-0.05, 0) is 80.1 Å². The summed E-state index contributed by atoms with van der Waals surface area (Å²) in [5.74, 6) is 1.62. The van der Waals surface area contributed by atoms with Crippen molar-refractivity contribution >= 4 is 29.6 Å². The van der Waals surface area contributed by atoms with Gasteiger partial charge in [0.25, 0.3) is 5.91 Å². The summed E-state index contributed by atoms with van der Waals surface area (Å²) < 4.78 is 5.10. The zero-order valence-corrected chi connectivity index (χ0v) is 15.5.